The zero-order chi connectivity index (χ0) is 34.0. The Bertz CT molecular complexity index is 3070. The minimum Gasteiger partial charge on any atom is -0.278 e. The maximum absolute atomic E-state index is 5.46. The average molecular weight is 660 g/mol. The van der Waals surface area contributed by atoms with Crippen molar-refractivity contribution in [1.82, 2.24) is 14.5 Å². The van der Waals surface area contributed by atoms with Gasteiger partial charge in [0.25, 0.3) is 0 Å². The summed E-state index contributed by atoms with van der Waals surface area (Å²) in [7, 11) is 0. The minimum absolute atomic E-state index is 0.449. The highest BCUT2D eigenvalue weighted by molar-refractivity contribution is 6.26. The topological polar surface area (TPSA) is 30.7 Å². The monoisotopic (exact) mass is 659 g/mol. The van der Waals surface area contributed by atoms with Gasteiger partial charge in [0.05, 0.1) is 27.7 Å². The molecule has 2 aliphatic carbocycles. The number of fused-ring (bicyclic) bond motifs is 8. The van der Waals surface area contributed by atoms with Crippen molar-refractivity contribution in [3.63, 3.8) is 0 Å². The molecule has 10 aromatic rings. The molecule has 0 fully saturated rings. The maximum Gasteiger partial charge on any atom is 0.235 e. The van der Waals surface area contributed by atoms with Gasteiger partial charge in [-0.2, -0.15) is 0 Å². The molecule has 2 aliphatic rings. The van der Waals surface area contributed by atoms with Crippen LogP contribution in [0.15, 0.2) is 176 Å². The summed E-state index contributed by atoms with van der Waals surface area (Å²) < 4.78 is 2.31. The summed E-state index contributed by atoms with van der Waals surface area (Å²) >= 11 is 0. The van der Waals surface area contributed by atoms with Crippen LogP contribution in [0.25, 0.3) is 82.9 Å². The van der Waals surface area contributed by atoms with Gasteiger partial charge in [-0.05, 0) is 73.5 Å². The number of hydrogen-bond acceptors (Lipinski definition) is 2. The van der Waals surface area contributed by atoms with Crippen LogP contribution in [0.3, 0.4) is 0 Å². The number of aromatic nitrogens is 3. The summed E-state index contributed by atoms with van der Waals surface area (Å²) in [5.41, 5.74) is 15.0. The Kier molecular flexibility index (Phi) is 5.43. The van der Waals surface area contributed by atoms with E-state index in [0.717, 1.165) is 33.2 Å². The summed E-state index contributed by atoms with van der Waals surface area (Å²) in [5, 5.41) is 6.15. The molecule has 2 heterocycles. The zero-order valence-corrected chi connectivity index (χ0v) is 28.1. The van der Waals surface area contributed by atoms with Gasteiger partial charge in [0, 0.05) is 21.7 Å². The second kappa shape index (κ2) is 10.1. The fraction of sp³-hybridized carbons (Fsp3) is 0.0204. The Morgan fingerprint density at radius 1 is 0.385 bits per heavy atom. The Balaban J connectivity index is 1.18. The van der Waals surface area contributed by atoms with Crippen molar-refractivity contribution < 1.29 is 0 Å². The third kappa shape index (κ3) is 3.45. The largest absolute Gasteiger partial charge is 0.278 e. The summed E-state index contributed by atoms with van der Waals surface area (Å²) in [6.07, 6.45) is 0. The molecule has 0 unspecified atom stereocenters. The number of benzene rings is 8. The quantitative estimate of drug-likeness (QED) is 0.189. The normalized spacial score (nSPS) is 13.5. The number of para-hydroxylation sites is 1. The third-order valence-electron chi connectivity index (χ3n) is 11.6. The van der Waals surface area contributed by atoms with E-state index in [1.54, 1.807) is 0 Å². The van der Waals surface area contributed by atoms with Gasteiger partial charge >= 0.3 is 0 Å². The molecule has 0 aliphatic heterocycles. The van der Waals surface area contributed by atoms with E-state index in [0.29, 0.717) is 5.95 Å². The van der Waals surface area contributed by atoms with Gasteiger partial charge in [-0.25, -0.2) is 9.97 Å². The van der Waals surface area contributed by atoms with Crippen molar-refractivity contribution >= 4 is 43.5 Å². The van der Waals surface area contributed by atoms with Crippen molar-refractivity contribution in [2.45, 2.75) is 5.41 Å². The van der Waals surface area contributed by atoms with Crippen molar-refractivity contribution in [2.24, 2.45) is 0 Å². The lowest BCUT2D eigenvalue weighted by molar-refractivity contribution is 0.783. The van der Waals surface area contributed by atoms with Gasteiger partial charge in [-0.3, -0.25) is 4.57 Å². The third-order valence-corrected chi connectivity index (χ3v) is 11.6. The van der Waals surface area contributed by atoms with E-state index >= 15 is 0 Å². The molecule has 240 valence electrons. The Morgan fingerprint density at radius 2 is 0.981 bits per heavy atom. The average Bonchev–Trinajstić information content (AvgIpc) is 3.71. The number of rotatable bonds is 3. The predicted octanol–water partition coefficient (Wildman–Crippen LogP) is 11.9. The molecule has 12 rings (SSSR count). The van der Waals surface area contributed by atoms with Crippen molar-refractivity contribution in [2.75, 3.05) is 0 Å². The summed E-state index contributed by atoms with van der Waals surface area (Å²) in [6, 6.07) is 64.0. The van der Waals surface area contributed by atoms with E-state index in [1.165, 1.54) is 66.1 Å². The first-order chi connectivity index (χ1) is 25.8. The van der Waals surface area contributed by atoms with Crippen molar-refractivity contribution in [3.05, 3.63) is 198 Å². The van der Waals surface area contributed by atoms with Crippen LogP contribution in [0, 0.1) is 0 Å². The van der Waals surface area contributed by atoms with Crippen LogP contribution in [0.1, 0.15) is 22.3 Å². The highest BCUT2D eigenvalue weighted by Crippen LogP contribution is 2.62. The van der Waals surface area contributed by atoms with Gasteiger partial charge in [-0.1, -0.05) is 158 Å². The molecule has 3 heteroatoms. The van der Waals surface area contributed by atoms with Crippen LogP contribution in [0.2, 0.25) is 0 Å². The molecule has 3 nitrogen and oxygen atoms in total. The van der Waals surface area contributed by atoms with Gasteiger partial charge in [0.15, 0.2) is 0 Å². The fourth-order valence-electron chi connectivity index (χ4n) is 9.56. The van der Waals surface area contributed by atoms with E-state index < -0.39 is 5.41 Å². The molecule has 0 amide bonds. The minimum atomic E-state index is -0.449. The molecule has 2 aromatic heterocycles. The molecule has 0 saturated heterocycles. The van der Waals surface area contributed by atoms with E-state index in [2.05, 4.69) is 180 Å². The lowest BCUT2D eigenvalue weighted by atomic mass is 9.63. The van der Waals surface area contributed by atoms with Crippen LogP contribution in [-0.2, 0) is 5.41 Å². The van der Waals surface area contributed by atoms with Gasteiger partial charge < -0.3 is 0 Å². The smallest absolute Gasteiger partial charge is 0.235 e. The zero-order valence-electron chi connectivity index (χ0n) is 28.1. The number of hydrogen-bond donors (Lipinski definition) is 0. The Hall–Kier alpha value is -6.84. The summed E-state index contributed by atoms with van der Waals surface area (Å²) in [4.78, 5) is 10.8. The Morgan fingerprint density at radius 3 is 1.77 bits per heavy atom. The molecular formula is C49H29N3. The summed E-state index contributed by atoms with van der Waals surface area (Å²) in [5.74, 6) is 0.679. The molecule has 0 bridgehead atoms. The molecule has 0 atom stereocenters. The van der Waals surface area contributed by atoms with Crippen LogP contribution in [0.4, 0.5) is 0 Å². The predicted molar refractivity (Wildman–Crippen MR) is 213 cm³/mol. The van der Waals surface area contributed by atoms with Crippen molar-refractivity contribution in [1.29, 1.82) is 0 Å². The van der Waals surface area contributed by atoms with Crippen molar-refractivity contribution in [3.8, 4) is 39.5 Å². The van der Waals surface area contributed by atoms with E-state index in [9.17, 15) is 0 Å². The number of nitrogens with zero attached hydrogens (tertiary/aromatic N) is 3. The van der Waals surface area contributed by atoms with E-state index in [1.807, 2.05) is 0 Å². The van der Waals surface area contributed by atoms with Gasteiger partial charge in [-0.15, -0.1) is 0 Å². The highest BCUT2D eigenvalue weighted by Gasteiger charge is 2.50. The standard InChI is InChI=1S/C49H29N3/c1-2-12-30(13-3-1)31-24-26-33(27-25-31)47-36-17-6-9-22-41(36)50-48(51-47)52-42-23-11-21-40-45(42)46-43(52)29-28-32-14-10-20-39(44(32)46)49(40)37-18-7-4-15-34(37)35-16-5-8-19-38(35)49/h1-29H. The molecule has 0 saturated carbocycles. The first-order valence-corrected chi connectivity index (χ1v) is 17.9. The van der Waals surface area contributed by atoms with Crippen LogP contribution in [-0.4, -0.2) is 14.5 Å². The lowest BCUT2D eigenvalue weighted by Gasteiger charge is -2.37. The first-order valence-electron chi connectivity index (χ1n) is 17.9. The SMILES string of the molecule is c1ccc(-c2ccc(-c3nc(-n4c5cccc6c5c5c7c(cccc7ccc54)C64c5ccccc5-c5ccccc54)nc4ccccc34)cc2)cc1. The molecule has 52 heavy (non-hydrogen) atoms. The fourth-order valence-corrected chi connectivity index (χ4v) is 9.56. The first kappa shape index (κ1) is 27.9. The summed E-state index contributed by atoms with van der Waals surface area (Å²) in [6.45, 7) is 0. The van der Waals surface area contributed by atoms with E-state index in [-0.39, 0.29) is 0 Å². The van der Waals surface area contributed by atoms with Crippen LogP contribution < -0.4 is 0 Å². The van der Waals surface area contributed by atoms with Gasteiger partial charge in [0.2, 0.25) is 5.95 Å². The lowest BCUT2D eigenvalue weighted by Crippen LogP contribution is -2.30. The highest BCUT2D eigenvalue weighted by atomic mass is 15.2. The Labute approximate surface area is 300 Å². The second-order valence-electron chi connectivity index (χ2n) is 14.1. The molecular weight excluding hydrogens is 631 g/mol. The van der Waals surface area contributed by atoms with Crippen LogP contribution in [0.5, 0.6) is 0 Å². The molecule has 0 radical (unpaired) electrons. The molecule has 8 aromatic carbocycles. The van der Waals surface area contributed by atoms with E-state index in [4.69, 9.17) is 9.97 Å². The van der Waals surface area contributed by atoms with Gasteiger partial charge in [0.1, 0.15) is 0 Å². The molecule has 1 spiro atoms. The van der Waals surface area contributed by atoms with Crippen LogP contribution >= 0.6 is 0 Å². The second-order valence-corrected chi connectivity index (χ2v) is 14.1. The molecule has 0 N–H and O–H groups in total. The maximum atomic E-state index is 5.46.